The maximum absolute atomic E-state index is 6.68. The van der Waals surface area contributed by atoms with Gasteiger partial charge in [-0.05, 0) is 93.8 Å². The Labute approximate surface area is 372 Å². The maximum Gasteiger partial charge on any atom is 0.161 e. The van der Waals surface area contributed by atoms with Crippen LogP contribution in [0.3, 0.4) is 0 Å². The molecule has 10 aromatic carbocycles. The van der Waals surface area contributed by atoms with Crippen LogP contribution in [-0.2, 0) is 0 Å². The van der Waals surface area contributed by atoms with Gasteiger partial charge in [0, 0.05) is 43.7 Å². The number of hydrogen-bond donors (Lipinski definition) is 1. The molecule has 13 aromatic rings. The smallest absolute Gasteiger partial charge is 0.161 e. The van der Waals surface area contributed by atoms with E-state index in [1.165, 1.54) is 32.3 Å². The number of nitrogens with one attached hydrogen (secondary N) is 1. The fraction of sp³-hybridized carbons (Fsp3) is 0.0169. The van der Waals surface area contributed by atoms with Gasteiger partial charge in [0.05, 0.1) is 33.1 Å². The largest absolute Gasteiger partial charge is 0.456 e. The number of para-hydroxylation sites is 5. The molecule has 1 aliphatic rings. The van der Waals surface area contributed by atoms with Crippen LogP contribution < -0.4 is 5.32 Å². The average Bonchev–Trinajstić information content (AvgIpc) is 4.03. The average molecular weight is 832 g/mol. The second kappa shape index (κ2) is 13.9. The molecule has 0 radical (unpaired) electrons. The molecule has 0 amide bonds. The first kappa shape index (κ1) is 35.8. The molecule has 1 N–H and O–H groups in total. The van der Waals surface area contributed by atoms with Crippen molar-refractivity contribution in [2.45, 2.75) is 6.17 Å². The van der Waals surface area contributed by atoms with Crippen LogP contribution in [0.2, 0.25) is 0 Å². The van der Waals surface area contributed by atoms with Gasteiger partial charge in [0.15, 0.2) is 5.84 Å². The van der Waals surface area contributed by atoms with Crippen molar-refractivity contribution in [3.63, 3.8) is 0 Å². The van der Waals surface area contributed by atoms with E-state index in [1.807, 2.05) is 6.07 Å². The Hall–Kier alpha value is -8.74. The zero-order chi connectivity index (χ0) is 42.6. The fourth-order valence-corrected chi connectivity index (χ4v) is 10.4. The van der Waals surface area contributed by atoms with Crippen molar-refractivity contribution in [3.05, 3.63) is 229 Å². The van der Waals surface area contributed by atoms with E-state index in [0.717, 1.165) is 88.7 Å². The topological polar surface area (TPSA) is 59.8 Å². The minimum absolute atomic E-state index is 0.460. The lowest BCUT2D eigenvalue weighted by atomic mass is 10.0. The van der Waals surface area contributed by atoms with Crippen LogP contribution in [0.15, 0.2) is 227 Å². The first-order valence-corrected chi connectivity index (χ1v) is 22.1. The van der Waals surface area contributed by atoms with Crippen LogP contribution in [0.5, 0.6) is 0 Å². The summed E-state index contributed by atoms with van der Waals surface area (Å²) in [6.45, 7) is 0. The SMILES string of the molecule is c1ccc(-n2c3ccccc3c3cccc(C4=NC(c5ccc6ccccc6c5)NC(c5ccc6oc7ccccc7c6c5-n5c6ccccc6c6cc7ccccc7cc65)=N4)c32)cc1. The molecule has 3 aromatic heterocycles. The molecule has 304 valence electrons. The van der Waals surface area contributed by atoms with Crippen molar-refractivity contribution in [3.8, 4) is 11.4 Å². The van der Waals surface area contributed by atoms with Gasteiger partial charge in [-0.25, -0.2) is 9.98 Å². The summed E-state index contributed by atoms with van der Waals surface area (Å²) in [5.41, 5.74) is 11.1. The first-order chi connectivity index (χ1) is 32.2. The molecule has 0 bridgehead atoms. The van der Waals surface area contributed by atoms with E-state index in [9.17, 15) is 0 Å². The Morgan fingerprint density at radius 3 is 1.89 bits per heavy atom. The summed E-state index contributed by atoms with van der Waals surface area (Å²) < 4.78 is 11.5. The van der Waals surface area contributed by atoms with Crippen molar-refractivity contribution in [2.24, 2.45) is 9.98 Å². The van der Waals surface area contributed by atoms with Gasteiger partial charge in [0.25, 0.3) is 0 Å². The number of aliphatic imine (C=N–C) groups is 2. The number of amidine groups is 2. The summed E-state index contributed by atoms with van der Waals surface area (Å²) in [4.78, 5) is 11.2. The normalized spacial score (nSPS) is 14.3. The molecular formula is C59H37N5O. The number of fused-ring (bicyclic) bond motifs is 11. The predicted octanol–water partition coefficient (Wildman–Crippen LogP) is 14.6. The Bertz CT molecular complexity index is 4170. The third-order valence-corrected chi connectivity index (χ3v) is 13.3. The molecular weight excluding hydrogens is 795 g/mol. The van der Waals surface area contributed by atoms with Gasteiger partial charge in [-0.15, -0.1) is 0 Å². The number of furan rings is 1. The molecule has 0 fully saturated rings. The molecule has 0 spiro atoms. The van der Waals surface area contributed by atoms with Crippen molar-refractivity contribution >= 4 is 98.8 Å². The highest BCUT2D eigenvalue weighted by atomic mass is 16.3. The maximum atomic E-state index is 6.68. The van der Waals surface area contributed by atoms with E-state index in [0.29, 0.717) is 5.84 Å². The fourth-order valence-electron chi connectivity index (χ4n) is 10.4. The zero-order valence-corrected chi connectivity index (χ0v) is 35.0. The third-order valence-electron chi connectivity index (χ3n) is 13.3. The number of hydrogen-bond acceptors (Lipinski definition) is 4. The highest BCUT2D eigenvalue weighted by Gasteiger charge is 2.29. The van der Waals surface area contributed by atoms with Crippen molar-refractivity contribution in [1.29, 1.82) is 0 Å². The number of rotatable bonds is 5. The molecule has 0 saturated carbocycles. The van der Waals surface area contributed by atoms with Crippen LogP contribution in [0.25, 0.3) is 98.5 Å². The summed E-state index contributed by atoms with van der Waals surface area (Å²) in [5.74, 6) is 1.38. The Kier molecular flexibility index (Phi) is 7.65. The third kappa shape index (κ3) is 5.41. The number of aromatic nitrogens is 2. The van der Waals surface area contributed by atoms with Gasteiger partial charge < -0.3 is 18.9 Å². The zero-order valence-electron chi connectivity index (χ0n) is 35.0. The lowest BCUT2D eigenvalue weighted by Crippen LogP contribution is -2.34. The highest BCUT2D eigenvalue weighted by molar-refractivity contribution is 6.24. The first-order valence-electron chi connectivity index (χ1n) is 22.1. The minimum atomic E-state index is -0.460. The Balaban J connectivity index is 1.09. The molecule has 1 unspecified atom stereocenters. The van der Waals surface area contributed by atoms with Gasteiger partial charge >= 0.3 is 0 Å². The van der Waals surface area contributed by atoms with Crippen LogP contribution in [0.1, 0.15) is 22.9 Å². The molecule has 6 heteroatoms. The Morgan fingerprint density at radius 2 is 1.08 bits per heavy atom. The quantitative estimate of drug-likeness (QED) is 0.188. The van der Waals surface area contributed by atoms with Crippen LogP contribution in [-0.4, -0.2) is 20.8 Å². The molecule has 0 aliphatic carbocycles. The lowest BCUT2D eigenvalue weighted by molar-refractivity contribution is 0.668. The van der Waals surface area contributed by atoms with Crippen molar-refractivity contribution < 1.29 is 4.42 Å². The molecule has 6 nitrogen and oxygen atoms in total. The monoisotopic (exact) mass is 831 g/mol. The van der Waals surface area contributed by atoms with Gasteiger partial charge in [-0.1, -0.05) is 146 Å². The summed E-state index contributed by atoms with van der Waals surface area (Å²) in [5, 5.41) is 15.4. The van der Waals surface area contributed by atoms with Gasteiger partial charge in [0.2, 0.25) is 0 Å². The Morgan fingerprint density at radius 1 is 0.431 bits per heavy atom. The van der Waals surface area contributed by atoms with Crippen LogP contribution in [0, 0.1) is 0 Å². The number of benzene rings is 10. The lowest BCUT2D eigenvalue weighted by Gasteiger charge is -2.26. The van der Waals surface area contributed by atoms with E-state index in [2.05, 4.69) is 221 Å². The van der Waals surface area contributed by atoms with Gasteiger partial charge in [-0.2, -0.15) is 0 Å². The van der Waals surface area contributed by atoms with E-state index in [1.54, 1.807) is 0 Å². The molecule has 0 saturated heterocycles. The summed E-state index contributed by atoms with van der Waals surface area (Å²) in [6, 6.07) is 75.6. The van der Waals surface area contributed by atoms with E-state index in [-0.39, 0.29) is 0 Å². The summed E-state index contributed by atoms with van der Waals surface area (Å²) >= 11 is 0. The predicted molar refractivity (Wildman–Crippen MR) is 269 cm³/mol. The second-order valence-electron chi connectivity index (χ2n) is 17.0. The van der Waals surface area contributed by atoms with Crippen LogP contribution in [0.4, 0.5) is 0 Å². The van der Waals surface area contributed by atoms with E-state index >= 15 is 0 Å². The standard InChI is InChI=1S/C59H37N5O/c1-2-19-41(20-3-1)63-49-26-11-8-21-42(49)44-24-14-25-46(55(44)63)58-60-57(40-30-29-36-15-4-5-16-37(36)33-40)61-59(62-58)47-31-32-53-54(45-23-10-13-28-52(45)65-53)56(47)64-50-27-12-9-22-43(50)48-34-38-17-6-7-18-39(38)35-51(48)64/h1-35,57H,(H,60,61,62). The van der Waals surface area contributed by atoms with Crippen molar-refractivity contribution in [2.75, 3.05) is 0 Å². The summed E-state index contributed by atoms with van der Waals surface area (Å²) in [7, 11) is 0. The highest BCUT2D eigenvalue weighted by Crippen LogP contribution is 2.43. The van der Waals surface area contributed by atoms with Crippen molar-refractivity contribution in [1.82, 2.24) is 14.5 Å². The van der Waals surface area contributed by atoms with E-state index < -0.39 is 6.17 Å². The number of nitrogens with zero attached hydrogens (tertiary/aromatic N) is 4. The van der Waals surface area contributed by atoms with Gasteiger partial charge in [0.1, 0.15) is 23.2 Å². The second-order valence-corrected chi connectivity index (χ2v) is 17.0. The van der Waals surface area contributed by atoms with E-state index in [4.69, 9.17) is 14.4 Å². The molecule has 14 rings (SSSR count). The molecule has 65 heavy (non-hydrogen) atoms. The van der Waals surface area contributed by atoms with Crippen LogP contribution >= 0.6 is 0 Å². The molecule has 1 atom stereocenters. The van der Waals surface area contributed by atoms with Gasteiger partial charge in [-0.3, -0.25) is 0 Å². The molecule has 4 heterocycles. The minimum Gasteiger partial charge on any atom is -0.456 e. The molecule has 1 aliphatic heterocycles. The summed E-state index contributed by atoms with van der Waals surface area (Å²) in [6.07, 6.45) is -0.460.